The van der Waals surface area contributed by atoms with Crippen molar-refractivity contribution in [2.45, 2.75) is 116 Å². The number of aryl methyl sites for hydroxylation is 2. The smallest absolute Gasteiger partial charge is 0.243 e. The van der Waals surface area contributed by atoms with Gasteiger partial charge >= 0.3 is 0 Å². The van der Waals surface area contributed by atoms with Crippen molar-refractivity contribution in [3.05, 3.63) is 88.2 Å². The number of pyridine rings is 1. The van der Waals surface area contributed by atoms with Crippen molar-refractivity contribution in [3.8, 4) is 0 Å². The van der Waals surface area contributed by atoms with Crippen molar-refractivity contribution in [1.82, 2.24) is 4.98 Å². The van der Waals surface area contributed by atoms with E-state index in [0.29, 0.717) is 0 Å². The van der Waals surface area contributed by atoms with E-state index in [4.69, 9.17) is 9.20 Å². The van der Waals surface area contributed by atoms with Crippen molar-refractivity contribution in [3.63, 3.8) is 0 Å². The SMILES string of the molecule is C[Si](C)(C)O[P+](Cc1nc2c(Br)cc1CCCCCCCCCCCCCC2)(c1ccccc1)c1ccccc1. The number of aromatic nitrogens is 1. The van der Waals surface area contributed by atoms with Crippen LogP contribution in [0.25, 0.3) is 0 Å². The van der Waals surface area contributed by atoms with Gasteiger partial charge in [0.25, 0.3) is 0 Å². The summed E-state index contributed by atoms with van der Waals surface area (Å²) in [7, 11) is -4.12. The molecule has 40 heavy (non-hydrogen) atoms. The third kappa shape index (κ3) is 9.35. The summed E-state index contributed by atoms with van der Waals surface area (Å²) in [6, 6.07) is 24.6. The van der Waals surface area contributed by atoms with Crippen LogP contribution in [0.15, 0.2) is 71.2 Å². The molecule has 2 aliphatic rings. The molecule has 2 aromatic carbocycles. The monoisotopic (exact) mass is 638 g/mol. The van der Waals surface area contributed by atoms with Gasteiger partial charge in [-0.2, -0.15) is 0 Å². The molecular weight excluding hydrogens is 589 g/mol. The highest BCUT2D eigenvalue weighted by atomic mass is 79.9. The van der Waals surface area contributed by atoms with E-state index in [2.05, 4.69) is 102 Å². The van der Waals surface area contributed by atoms with Gasteiger partial charge < -0.3 is 0 Å². The van der Waals surface area contributed by atoms with Crippen LogP contribution in [0.3, 0.4) is 0 Å². The Kier molecular flexibility index (Phi) is 12.5. The molecular formula is C35H50BrNOPSi+. The summed E-state index contributed by atoms with van der Waals surface area (Å²) in [4.78, 5) is 5.50. The van der Waals surface area contributed by atoms with E-state index in [1.807, 2.05) is 0 Å². The molecule has 1 aliphatic heterocycles. The lowest BCUT2D eigenvalue weighted by Gasteiger charge is -2.32. The van der Waals surface area contributed by atoms with Crippen molar-refractivity contribution in [2.24, 2.45) is 0 Å². The van der Waals surface area contributed by atoms with Crippen LogP contribution in [0.5, 0.6) is 0 Å². The molecule has 1 aliphatic carbocycles. The van der Waals surface area contributed by atoms with Crippen LogP contribution in [-0.2, 0) is 23.2 Å². The second-order valence-corrected chi connectivity index (χ2v) is 21.2. The van der Waals surface area contributed by atoms with E-state index in [-0.39, 0.29) is 0 Å². The normalized spacial score (nSPS) is 16.8. The Morgan fingerprint density at radius 2 is 1.12 bits per heavy atom. The summed E-state index contributed by atoms with van der Waals surface area (Å²) in [6.07, 6.45) is 19.2. The van der Waals surface area contributed by atoms with Crippen LogP contribution in [-0.4, -0.2) is 13.3 Å². The van der Waals surface area contributed by atoms with E-state index in [9.17, 15) is 0 Å². The maximum Gasteiger partial charge on any atom is 0.243 e. The van der Waals surface area contributed by atoms with E-state index in [1.165, 1.54) is 109 Å². The minimum absolute atomic E-state index is 0.862. The quantitative estimate of drug-likeness (QED) is 0.198. The Hall–Kier alpha value is -1.32. The van der Waals surface area contributed by atoms with Crippen LogP contribution in [0.4, 0.5) is 0 Å². The average molecular weight is 640 g/mol. The van der Waals surface area contributed by atoms with E-state index in [0.717, 1.165) is 19.0 Å². The third-order valence-electron chi connectivity index (χ3n) is 7.98. The summed E-state index contributed by atoms with van der Waals surface area (Å²) >= 11 is 3.95. The zero-order chi connectivity index (χ0) is 28.3. The minimum Gasteiger partial charge on any atom is -0.274 e. The molecule has 0 spiro atoms. The molecule has 0 saturated carbocycles. The molecule has 2 bridgehead atoms. The molecule has 0 radical (unpaired) electrons. The molecule has 0 unspecified atom stereocenters. The molecule has 5 heteroatoms. The Bertz CT molecular complexity index is 1130. The summed E-state index contributed by atoms with van der Waals surface area (Å²) in [5.74, 6) is 0. The molecule has 5 rings (SSSR count). The van der Waals surface area contributed by atoms with Gasteiger partial charge in [-0.1, -0.05) is 101 Å². The number of nitrogens with zero attached hydrogens (tertiary/aromatic N) is 1. The molecule has 0 atom stereocenters. The zero-order valence-corrected chi connectivity index (χ0v) is 28.6. The zero-order valence-electron chi connectivity index (χ0n) is 25.1. The first-order valence-corrected chi connectivity index (χ1v) is 21.8. The number of hydrogen-bond donors (Lipinski definition) is 0. The highest BCUT2D eigenvalue weighted by molar-refractivity contribution is 9.10. The van der Waals surface area contributed by atoms with Gasteiger partial charge in [-0.15, -0.1) is 0 Å². The van der Waals surface area contributed by atoms with Gasteiger partial charge in [0, 0.05) is 4.47 Å². The molecule has 216 valence electrons. The highest BCUT2D eigenvalue weighted by Gasteiger charge is 2.49. The van der Waals surface area contributed by atoms with E-state index in [1.54, 1.807) is 0 Å². The molecule has 3 aromatic rings. The number of rotatable bonds is 6. The Balaban J connectivity index is 1.76. The summed E-state index contributed by atoms with van der Waals surface area (Å²) in [6.45, 7) is 7.01. The first-order valence-electron chi connectivity index (χ1n) is 15.7. The number of halogens is 1. The Morgan fingerprint density at radius 1 is 0.675 bits per heavy atom. The molecule has 0 amide bonds. The van der Waals surface area contributed by atoms with Crippen molar-refractivity contribution in [1.29, 1.82) is 0 Å². The van der Waals surface area contributed by atoms with E-state index < -0.39 is 15.8 Å². The fourth-order valence-electron chi connectivity index (χ4n) is 6.00. The topological polar surface area (TPSA) is 22.1 Å². The van der Waals surface area contributed by atoms with Gasteiger partial charge in [0.05, 0.1) is 11.4 Å². The van der Waals surface area contributed by atoms with Crippen molar-refractivity contribution >= 4 is 42.3 Å². The Morgan fingerprint density at radius 3 is 1.60 bits per heavy atom. The maximum atomic E-state index is 7.41. The van der Waals surface area contributed by atoms with Crippen molar-refractivity contribution < 1.29 is 4.21 Å². The fourth-order valence-corrected chi connectivity index (χ4v) is 14.1. The van der Waals surface area contributed by atoms with Gasteiger partial charge in [0.1, 0.15) is 16.8 Å². The molecule has 2 nitrogen and oxygen atoms in total. The van der Waals surface area contributed by atoms with Gasteiger partial charge in [0.2, 0.25) is 8.32 Å². The van der Waals surface area contributed by atoms with Crippen LogP contribution in [0, 0.1) is 0 Å². The molecule has 1 aromatic heterocycles. The lowest BCUT2D eigenvalue weighted by molar-refractivity contribution is 0.538. The predicted molar refractivity (Wildman–Crippen MR) is 182 cm³/mol. The third-order valence-corrected chi connectivity index (χ3v) is 15.1. The van der Waals surface area contributed by atoms with Crippen molar-refractivity contribution in [2.75, 3.05) is 0 Å². The minimum atomic E-state index is -2.21. The number of benzene rings is 2. The van der Waals surface area contributed by atoms with Crippen LogP contribution in [0.2, 0.25) is 19.6 Å². The molecule has 0 saturated heterocycles. The first kappa shape index (κ1) is 31.6. The van der Waals surface area contributed by atoms with Gasteiger partial charge in [-0.3, -0.25) is 9.20 Å². The molecule has 2 heterocycles. The predicted octanol–water partition coefficient (Wildman–Crippen LogP) is 10.6. The van der Waals surface area contributed by atoms with Crippen LogP contribution >= 0.6 is 23.4 Å². The van der Waals surface area contributed by atoms with Gasteiger partial charge in [0.15, 0.2) is 7.49 Å². The second-order valence-electron chi connectivity index (χ2n) is 12.5. The fraction of sp³-hybridized carbons (Fsp3) is 0.514. The molecule has 0 N–H and O–H groups in total. The van der Waals surface area contributed by atoms with Gasteiger partial charge in [-0.25, -0.2) is 0 Å². The number of fused-ring (bicyclic) bond motifs is 15. The van der Waals surface area contributed by atoms with Gasteiger partial charge in [-0.05, 0) is 97.1 Å². The highest BCUT2D eigenvalue weighted by Crippen LogP contribution is 2.62. The Labute approximate surface area is 254 Å². The van der Waals surface area contributed by atoms with Crippen LogP contribution < -0.4 is 10.6 Å². The lowest BCUT2D eigenvalue weighted by Crippen LogP contribution is -2.35. The summed E-state index contributed by atoms with van der Waals surface area (Å²) < 4.78 is 8.61. The second kappa shape index (κ2) is 15.8. The lowest BCUT2D eigenvalue weighted by atomic mass is 10.0. The summed E-state index contributed by atoms with van der Waals surface area (Å²) in [5, 5.41) is 2.66. The largest absolute Gasteiger partial charge is 0.274 e. The van der Waals surface area contributed by atoms with E-state index >= 15 is 0 Å². The summed E-state index contributed by atoms with van der Waals surface area (Å²) in [5.41, 5.74) is 3.90. The maximum absolute atomic E-state index is 7.41. The number of hydrogen-bond acceptors (Lipinski definition) is 2. The average Bonchev–Trinajstić information content (AvgIpc) is 2.94. The molecule has 0 fully saturated rings. The standard InChI is InChI=1S/C35H50BrNOPSi/c1-40(2,3)38-39(31-23-17-14-18-24-31,32-25-19-15-20-26-32)29-35-30-22-16-12-10-8-6-4-5-7-9-11-13-21-27-34(37-35)33(36)28-30/h14-15,17-20,23-26,28H,4-13,16,21-22,27,29H2,1-3H3/q+1. The van der Waals surface area contributed by atoms with Crippen LogP contribution in [0.1, 0.15) is 94.0 Å². The first-order chi connectivity index (χ1) is 19.4.